The number of benzene rings is 1. The molecule has 3 nitrogen and oxygen atoms in total. The van der Waals surface area contributed by atoms with E-state index in [2.05, 4.69) is 31.3 Å². The van der Waals surface area contributed by atoms with Crippen molar-refractivity contribution in [1.29, 1.82) is 0 Å². The Labute approximate surface area is 116 Å². The second-order valence-electron chi connectivity index (χ2n) is 5.85. The van der Waals surface area contributed by atoms with Crippen molar-refractivity contribution < 1.29 is 9.47 Å². The maximum atomic E-state index is 5.73. The zero-order chi connectivity index (χ0) is 13.7. The van der Waals surface area contributed by atoms with Crippen molar-refractivity contribution in [3.63, 3.8) is 0 Å². The molecule has 19 heavy (non-hydrogen) atoms. The van der Waals surface area contributed by atoms with Crippen LogP contribution in [0.15, 0.2) is 24.3 Å². The molecular weight excluding hydrogens is 238 g/mol. The number of rotatable bonds is 5. The van der Waals surface area contributed by atoms with Gasteiger partial charge in [-0.25, -0.2) is 0 Å². The molecule has 0 aromatic heterocycles. The molecule has 0 unspecified atom stereocenters. The lowest BCUT2D eigenvalue weighted by molar-refractivity contribution is -0.0627. The lowest BCUT2D eigenvalue weighted by Gasteiger charge is -2.36. The summed E-state index contributed by atoms with van der Waals surface area (Å²) >= 11 is 0. The van der Waals surface area contributed by atoms with Gasteiger partial charge in [0.2, 0.25) is 0 Å². The van der Waals surface area contributed by atoms with Crippen molar-refractivity contribution in [3.05, 3.63) is 29.8 Å². The van der Waals surface area contributed by atoms with Crippen LogP contribution in [0.3, 0.4) is 0 Å². The van der Waals surface area contributed by atoms with Crippen LogP contribution in [0.2, 0.25) is 0 Å². The molecule has 1 N–H and O–H groups in total. The van der Waals surface area contributed by atoms with Crippen LogP contribution in [0.1, 0.15) is 32.3 Å². The molecule has 0 aliphatic carbocycles. The number of ether oxygens (including phenoxy) is 2. The van der Waals surface area contributed by atoms with Crippen molar-refractivity contribution in [3.8, 4) is 5.75 Å². The zero-order valence-electron chi connectivity index (χ0n) is 12.2. The van der Waals surface area contributed by atoms with Gasteiger partial charge >= 0.3 is 0 Å². The van der Waals surface area contributed by atoms with E-state index in [9.17, 15) is 0 Å². The average molecular weight is 263 g/mol. The molecular formula is C16H25NO2. The quantitative estimate of drug-likeness (QED) is 0.886. The highest BCUT2D eigenvalue weighted by Crippen LogP contribution is 2.23. The second-order valence-corrected chi connectivity index (χ2v) is 5.85. The van der Waals surface area contributed by atoms with Crippen LogP contribution < -0.4 is 10.1 Å². The van der Waals surface area contributed by atoms with E-state index in [4.69, 9.17) is 9.47 Å². The molecule has 3 heteroatoms. The van der Waals surface area contributed by atoms with E-state index >= 15 is 0 Å². The fraction of sp³-hybridized carbons (Fsp3) is 0.625. The molecule has 1 heterocycles. The summed E-state index contributed by atoms with van der Waals surface area (Å²) in [6.45, 7) is 6.23. The van der Waals surface area contributed by atoms with Gasteiger partial charge in [-0.2, -0.15) is 0 Å². The van der Waals surface area contributed by atoms with Gasteiger partial charge in [0.05, 0.1) is 12.7 Å². The molecule has 1 aromatic rings. The SMILES string of the molecule is COc1ccc(CCN[C@H]2CCOC(C)(C)C2)cc1. The van der Waals surface area contributed by atoms with Gasteiger partial charge in [-0.15, -0.1) is 0 Å². The van der Waals surface area contributed by atoms with Crippen LogP contribution in [-0.4, -0.2) is 31.9 Å². The van der Waals surface area contributed by atoms with Crippen LogP contribution in [0.4, 0.5) is 0 Å². The second kappa shape index (κ2) is 6.40. The minimum atomic E-state index is 0.0238. The Morgan fingerprint density at radius 1 is 1.32 bits per heavy atom. The summed E-state index contributed by atoms with van der Waals surface area (Å²) in [5.74, 6) is 0.919. The van der Waals surface area contributed by atoms with Crippen LogP contribution in [-0.2, 0) is 11.2 Å². The largest absolute Gasteiger partial charge is 0.497 e. The molecule has 1 atom stereocenters. The molecule has 1 aliphatic heterocycles. The summed E-state index contributed by atoms with van der Waals surface area (Å²) in [5, 5.41) is 3.64. The van der Waals surface area contributed by atoms with Crippen LogP contribution in [0, 0.1) is 0 Å². The molecule has 0 amide bonds. The highest BCUT2D eigenvalue weighted by Gasteiger charge is 2.28. The topological polar surface area (TPSA) is 30.5 Å². The lowest BCUT2D eigenvalue weighted by atomic mass is 9.94. The zero-order valence-corrected chi connectivity index (χ0v) is 12.2. The Kier molecular flexibility index (Phi) is 4.83. The highest BCUT2D eigenvalue weighted by molar-refractivity contribution is 5.27. The summed E-state index contributed by atoms with van der Waals surface area (Å²) in [6.07, 6.45) is 3.27. The summed E-state index contributed by atoms with van der Waals surface area (Å²) in [7, 11) is 1.70. The van der Waals surface area contributed by atoms with Gasteiger partial charge in [0.15, 0.2) is 0 Å². The molecule has 1 fully saturated rings. The Bertz CT molecular complexity index is 386. The van der Waals surface area contributed by atoms with E-state index < -0.39 is 0 Å². The van der Waals surface area contributed by atoms with E-state index in [1.54, 1.807) is 7.11 Å². The first kappa shape index (κ1) is 14.4. The van der Waals surface area contributed by atoms with Crippen molar-refractivity contribution >= 4 is 0 Å². The molecule has 1 saturated heterocycles. The summed E-state index contributed by atoms with van der Waals surface area (Å²) in [5.41, 5.74) is 1.37. The summed E-state index contributed by atoms with van der Waals surface area (Å²) in [6, 6.07) is 8.89. The van der Waals surface area contributed by atoms with E-state index in [0.29, 0.717) is 6.04 Å². The monoisotopic (exact) mass is 263 g/mol. The average Bonchev–Trinajstić information content (AvgIpc) is 2.38. The van der Waals surface area contributed by atoms with Crippen molar-refractivity contribution in [2.45, 2.75) is 44.8 Å². The molecule has 0 bridgehead atoms. The minimum absolute atomic E-state index is 0.0238. The van der Waals surface area contributed by atoms with Crippen molar-refractivity contribution in [1.82, 2.24) is 5.32 Å². The third kappa shape index (κ3) is 4.51. The van der Waals surface area contributed by atoms with E-state index in [0.717, 1.165) is 38.2 Å². The van der Waals surface area contributed by atoms with Gasteiger partial charge in [-0.05, 0) is 57.4 Å². The van der Waals surface area contributed by atoms with Gasteiger partial charge in [0.1, 0.15) is 5.75 Å². The number of nitrogens with one attached hydrogen (secondary N) is 1. The van der Waals surface area contributed by atoms with E-state index in [1.807, 2.05) is 12.1 Å². The van der Waals surface area contributed by atoms with Crippen LogP contribution in [0.25, 0.3) is 0 Å². The highest BCUT2D eigenvalue weighted by atomic mass is 16.5. The lowest BCUT2D eigenvalue weighted by Crippen LogP contribution is -2.44. The summed E-state index contributed by atoms with van der Waals surface area (Å²) in [4.78, 5) is 0. The maximum absolute atomic E-state index is 5.73. The maximum Gasteiger partial charge on any atom is 0.118 e. The molecule has 1 aliphatic rings. The summed E-state index contributed by atoms with van der Waals surface area (Å²) < 4.78 is 10.9. The first-order chi connectivity index (χ1) is 9.09. The predicted molar refractivity (Wildman–Crippen MR) is 77.8 cm³/mol. The smallest absolute Gasteiger partial charge is 0.118 e. The van der Waals surface area contributed by atoms with Crippen LogP contribution >= 0.6 is 0 Å². The minimum Gasteiger partial charge on any atom is -0.497 e. The Morgan fingerprint density at radius 3 is 2.68 bits per heavy atom. The molecule has 106 valence electrons. The van der Waals surface area contributed by atoms with Gasteiger partial charge < -0.3 is 14.8 Å². The van der Waals surface area contributed by atoms with Crippen LogP contribution in [0.5, 0.6) is 5.75 Å². The van der Waals surface area contributed by atoms with Gasteiger partial charge in [-0.1, -0.05) is 12.1 Å². The van der Waals surface area contributed by atoms with Gasteiger partial charge in [0, 0.05) is 12.6 Å². The van der Waals surface area contributed by atoms with Crippen molar-refractivity contribution in [2.24, 2.45) is 0 Å². The molecule has 0 saturated carbocycles. The van der Waals surface area contributed by atoms with Gasteiger partial charge in [0.25, 0.3) is 0 Å². The Hall–Kier alpha value is -1.06. The number of hydrogen-bond acceptors (Lipinski definition) is 3. The van der Waals surface area contributed by atoms with E-state index in [1.165, 1.54) is 5.56 Å². The van der Waals surface area contributed by atoms with Gasteiger partial charge in [-0.3, -0.25) is 0 Å². The van der Waals surface area contributed by atoms with Crippen molar-refractivity contribution in [2.75, 3.05) is 20.3 Å². The first-order valence-corrected chi connectivity index (χ1v) is 7.09. The predicted octanol–water partition coefficient (Wildman–Crippen LogP) is 2.78. The Morgan fingerprint density at radius 2 is 2.05 bits per heavy atom. The molecule has 0 spiro atoms. The standard InChI is InChI=1S/C16H25NO2/c1-16(2)12-14(9-11-19-16)17-10-8-13-4-6-15(18-3)7-5-13/h4-7,14,17H,8-12H2,1-3H3/t14-/m0/s1. The fourth-order valence-corrected chi connectivity index (χ4v) is 2.62. The molecule has 2 rings (SSSR count). The first-order valence-electron chi connectivity index (χ1n) is 7.09. The fourth-order valence-electron chi connectivity index (χ4n) is 2.62. The molecule has 1 aromatic carbocycles. The third-order valence-corrected chi connectivity index (χ3v) is 3.70. The number of hydrogen-bond donors (Lipinski definition) is 1. The van der Waals surface area contributed by atoms with E-state index in [-0.39, 0.29) is 5.60 Å². The normalized spacial score (nSPS) is 22.2. The number of methoxy groups -OCH3 is 1. The Balaban J connectivity index is 1.73. The molecule has 0 radical (unpaired) electrons. The third-order valence-electron chi connectivity index (χ3n) is 3.70.